The quantitative estimate of drug-likeness (QED) is 0.811. The molecule has 2 rings (SSSR count). The van der Waals surface area contributed by atoms with Gasteiger partial charge < -0.3 is 14.8 Å². The van der Waals surface area contributed by atoms with Crippen LogP contribution in [0.3, 0.4) is 0 Å². The lowest BCUT2D eigenvalue weighted by Crippen LogP contribution is -2.12. The summed E-state index contributed by atoms with van der Waals surface area (Å²) in [5, 5.41) is 2.61. The Labute approximate surface area is 133 Å². The smallest absolute Gasteiger partial charge is 0.294 e. The molecule has 0 aliphatic carbocycles. The van der Waals surface area contributed by atoms with Crippen molar-refractivity contribution in [1.82, 2.24) is 0 Å². The van der Waals surface area contributed by atoms with Gasteiger partial charge in [0.05, 0.1) is 19.1 Å². The third-order valence-electron chi connectivity index (χ3n) is 3.02. The molecule has 0 saturated carbocycles. The van der Waals surface area contributed by atoms with Gasteiger partial charge in [0.2, 0.25) is 0 Å². The van der Waals surface area contributed by atoms with Crippen molar-refractivity contribution in [2.24, 2.45) is 0 Å². The molecule has 1 amide bonds. The number of anilines is 1. The lowest BCUT2D eigenvalue weighted by molar-refractivity contribution is 0.102. The number of benzene rings is 2. The highest BCUT2D eigenvalue weighted by molar-refractivity contribution is 7.85. The Balaban J connectivity index is 2.22. The Bertz CT molecular complexity index is 792. The first kappa shape index (κ1) is 16.8. The van der Waals surface area contributed by atoms with Gasteiger partial charge in [-0.3, -0.25) is 9.35 Å². The summed E-state index contributed by atoms with van der Waals surface area (Å²) in [7, 11) is -1.31. The SMILES string of the molecule is COc1cc(OC)cc(C(=O)Nc2ccc(S(=O)(=O)O)cc2)c1. The zero-order chi connectivity index (χ0) is 17.0. The molecule has 0 aliphatic heterocycles. The molecular weight excluding hydrogens is 322 g/mol. The molecule has 122 valence electrons. The summed E-state index contributed by atoms with van der Waals surface area (Å²) in [5.74, 6) is 0.522. The van der Waals surface area contributed by atoms with Crippen molar-refractivity contribution in [3.8, 4) is 11.5 Å². The van der Waals surface area contributed by atoms with Gasteiger partial charge in [0.1, 0.15) is 11.5 Å². The average molecular weight is 337 g/mol. The Morgan fingerprint density at radius 3 is 1.96 bits per heavy atom. The van der Waals surface area contributed by atoms with E-state index in [1.165, 1.54) is 38.5 Å². The Hall–Kier alpha value is -2.58. The molecule has 0 heterocycles. The highest BCUT2D eigenvalue weighted by atomic mass is 32.2. The van der Waals surface area contributed by atoms with Crippen LogP contribution in [0.4, 0.5) is 5.69 Å². The summed E-state index contributed by atoms with van der Waals surface area (Å²) in [6.07, 6.45) is 0. The maximum Gasteiger partial charge on any atom is 0.294 e. The summed E-state index contributed by atoms with van der Waals surface area (Å²) in [4.78, 5) is 12.0. The van der Waals surface area contributed by atoms with Crippen molar-refractivity contribution in [3.05, 3.63) is 48.0 Å². The third kappa shape index (κ3) is 4.21. The number of nitrogens with one attached hydrogen (secondary N) is 1. The van der Waals surface area contributed by atoms with Gasteiger partial charge in [-0.15, -0.1) is 0 Å². The summed E-state index contributed by atoms with van der Waals surface area (Å²) in [6.45, 7) is 0. The molecule has 0 fully saturated rings. The number of ether oxygens (including phenoxy) is 2. The average Bonchev–Trinajstić information content (AvgIpc) is 2.53. The van der Waals surface area contributed by atoms with E-state index in [0.717, 1.165) is 0 Å². The second kappa shape index (κ2) is 6.67. The first-order valence-corrected chi connectivity index (χ1v) is 7.89. The number of hydrogen-bond acceptors (Lipinski definition) is 5. The Morgan fingerprint density at radius 2 is 1.52 bits per heavy atom. The standard InChI is InChI=1S/C15H15NO6S/c1-21-12-7-10(8-13(9-12)22-2)15(17)16-11-3-5-14(6-4-11)23(18,19)20/h3-9H,1-2H3,(H,16,17)(H,18,19,20). The molecule has 8 heteroatoms. The number of methoxy groups -OCH3 is 2. The second-order valence-electron chi connectivity index (χ2n) is 4.55. The van der Waals surface area contributed by atoms with Crippen LogP contribution < -0.4 is 14.8 Å². The van der Waals surface area contributed by atoms with Gasteiger partial charge in [0.25, 0.3) is 16.0 Å². The lowest BCUT2D eigenvalue weighted by Gasteiger charge is -2.09. The predicted molar refractivity (Wildman–Crippen MR) is 83.8 cm³/mol. The fraction of sp³-hybridized carbons (Fsp3) is 0.133. The minimum Gasteiger partial charge on any atom is -0.497 e. The molecule has 0 unspecified atom stereocenters. The van der Waals surface area contributed by atoms with Crippen molar-refractivity contribution >= 4 is 21.7 Å². The van der Waals surface area contributed by atoms with E-state index < -0.39 is 16.0 Å². The first-order chi connectivity index (χ1) is 10.8. The number of amides is 1. The third-order valence-corrected chi connectivity index (χ3v) is 3.89. The molecule has 2 aromatic carbocycles. The maximum absolute atomic E-state index is 12.2. The first-order valence-electron chi connectivity index (χ1n) is 6.45. The van der Waals surface area contributed by atoms with Crippen LogP contribution >= 0.6 is 0 Å². The van der Waals surface area contributed by atoms with Gasteiger partial charge in [0, 0.05) is 17.3 Å². The van der Waals surface area contributed by atoms with Crippen LogP contribution in [0, 0.1) is 0 Å². The van der Waals surface area contributed by atoms with Crippen LogP contribution in [-0.2, 0) is 10.1 Å². The summed E-state index contributed by atoms with van der Waals surface area (Å²) >= 11 is 0. The van der Waals surface area contributed by atoms with E-state index in [4.69, 9.17) is 14.0 Å². The summed E-state index contributed by atoms with van der Waals surface area (Å²) in [5.41, 5.74) is 0.698. The van der Waals surface area contributed by atoms with Crippen molar-refractivity contribution in [2.45, 2.75) is 4.90 Å². The van der Waals surface area contributed by atoms with E-state index in [0.29, 0.717) is 22.7 Å². The van der Waals surface area contributed by atoms with Gasteiger partial charge in [-0.25, -0.2) is 0 Å². The van der Waals surface area contributed by atoms with Gasteiger partial charge >= 0.3 is 0 Å². The van der Waals surface area contributed by atoms with Crippen LogP contribution in [0.5, 0.6) is 11.5 Å². The minimum absolute atomic E-state index is 0.251. The molecule has 2 aromatic rings. The topological polar surface area (TPSA) is 102 Å². The monoisotopic (exact) mass is 337 g/mol. The highest BCUT2D eigenvalue weighted by Gasteiger charge is 2.12. The lowest BCUT2D eigenvalue weighted by atomic mass is 10.2. The fourth-order valence-corrected chi connectivity index (χ4v) is 2.33. The molecule has 0 atom stereocenters. The molecule has 2 N–H and O–H groups in total. The normalized spacial score (nSPS) is 10.9. The van der Waals surface area contributed by atoms with Gasteiger partial charge in [-0.05, 0) is 36.4 Å². The molecule has 7 nitrogen and oxygen atoms in total. The minimum atomic E-state index is -4.26. The van der Waals surface area contributed by atoms with Crippen molar-refractivity contribution in [2.75, 3.05) is 19.5 Å². The molecular formula is C15H15NO6S. The van der Waals surface area contributed by atoms with E-state index >= 15 is 0 Å². The van der Waals surface area contributed by atoms with E-state index in [-0.39, 0.29) is 4.90 Å². The Morgan fingerprint density at radius 1 is 1.00 bits per heavy atom. The van der Waals surface area contributed by atoms with Crippen LogP contribution in [0.2, 0.25) is 0 Å². The zero-order valence-corrected chi connectivity index (χ0v) is 13.3. The Kier molecular flexibility index (Phi) is 4.87. The van der Waals surface area contributed by atoms with Gasteiger partial charge in [-0.1, -0.05) is 0 Å². The number of carbonyl (C=O) groups excluding carboxylic acids is 1. The van der Waals surface area contributed by atoms with Crippen LogP contribution in [-0.4, -0.2) is 33.1 Å². The number of hydrogen-bond donors (Lipinski definition) is 2. The summed E-state index contributed by atoms with van der Waals surface area (Å²) in [6, 6.07) is 9.86. The molecule has 0 spiro atoms. The van der Waals surface area contributed by atoms with Gasteiger partial charge in [0.15, 0.2) is 0 Å². The van der Waals surface area contributed by atoms with Crippen LogP contribution in [0.15, 0.2) is 47.4 Å². The van der Waals surface area contributed by atoms with E-state index in [2.05, 4.69) is 5.32 Å². The molecule has 0 bridgehead atoms. The van der Waals surface area contributed by atoms with E-state index in [1.807, 2.05) is 0 Å². The largest absolute Gasteiger partial charge is 0.497 e. The maximum atomic E-state index is 12.2. The highest BCUT2D eigenvalue weighted by Crippen LogP contribution is 2.23. The number of carbonyl (C=O) groups is 1. The van der Waals surface area contributed by atoms with Crippen LogP contribution in [0.1, 0.15) is 10.4 Å². The molecule has 23 heavy (non-hydrogen) atoms. The van der Waals surface area contributed by atoms with E-state index in [9.17, 15) is 13.2 Å². The summed E-state index contributed by atoms with van der Waals surface area (Å²) < 4.78 is 41.0. The van der Waals surface area contributed by atoms with Crippen molar-refractivity contribution in [1.29, 1.82) is 0 Å². The molecule has 0 aromatic heterocycles. The van der Waals surface area contributed by atoms with E-state index in [1.54, 1.807) is 18.2 Å². The van der Waals surface area contributed by atoms with Crippen molar-refractivity contribution in [3.63, 3.8) is 0 Å². The van der Waals surface area contributed by atoms with Crippen LogP contribution in [0.25, 0.3) is 0 Å². The fourth-order valence-electron chi connectivity index (χ4n) is 1.85. The zero-order valence-electron chi connectivity index (χ0n) is 12.4. The second-order valence-corrected chi connectivity index (χ2v) is 5.98. The van der Waals surface area contributed by atoms with Gasteiger partial charge in [-0.2, -0.15) is 8.42 Å². The molecule has 0 radical (unpaired) electrons. The number of rotatable bonds is 5. The molecule has 0 aliphatic rings. The van der Waals surface area contributed by atoms with Crippen molar-refractivity contribution < 1.29 is 27.2 Å². The molecule has 0 saturated heterocycles. The predicted octanol–water partition coefficient (Wildman–Crippen LogP) is 2.20.